The standard InChI is InChI=1S/C12H18N2O2S2/c15-18(16)5-9-11(6-18)14(12(17)13-9)10-4-7-1-2-8(10)3-7/h7-11H,1-6H2,(H,13,17)/t7-,8-,9+,10+,11-/m1/s1. The van der Waals surface area contributed by atoms with Gasteiger partial charge >= 0.3 is 0 Å². The lowest BCUT2D eigenvalue weighted by atomic mass is 9.93. The highest BCUT2D eigenvalue weighted by Gasteiger charge is 2.53. The normalized spacial score (nSPS) is 48.6. The predicted octanol–water partition coefficient (Wildman–Crippen LogP) is 0.531. The van der Waals surface area contributed by atoms with E-state index < -0.39 is 9.84 Å². The first-order valence-electron chi connectivity index (χ1n) is 6.83. The van der Waals surface area contributed by atoms with Crippen molar-refractivity contribution in [3.63, 3.8) is 0 Å². The van der Waals surface area contributed by atoms with Gasteiger partial charge in [-0.05, 0) is 43.3 Å². The zero-order chi connectivity index (χ0) is 12.5. The Hall–Kier alpha value is -0.360. The molecular formula is C12H18N2O2S2. The fourth-order valence-corrected chi connectivity index (χ4v) is 6.90. The van der Waals surface area contributed by atoms with Gasteiger partial charge in [-0.1, -0.05) is 6.42 Å². The van der Waals surface area contributed by atoms with Gasteiger partial charge in [0.05, 0.1) is 23.6 Å². The maximum atomic E-state index is 11.8. The second kappa shape index (κ2) is 3.60. The van der Waals surface area contributed by atoms with Crippen molar-refractivity contribution >= 4 is 27.2 Å². The third-order valence-corrected chi connectivity index (χ3v) is 7.33. The maximum Gasteiger partial charge on any atom is 0.169 e. The fraction of sp³-hybridized carbons (Fsp3) is 0.917. The third-order valence-electron chi connectivity index (χ3n) is 5.28. The molecule has 2 bridgehead atoms. The van der Waals surface area contributed by atoms with E-state index in [0.29, 0.717) is 11.8 Å². The Balaban J connectivity index is 1.62. The molecule has 4 aliphatic rings. The number of nitrogens with one attached hydrogen (secondary N) is 1. The summed E-state index contributed by atoms with van der Waals surface area (Å²) in [5.41, 5.74) is 0. The van der Waals surface area contributed by atoms with Gasteiger partial charge in [-0.3, -0.25) is 0 Å². The van der Waals surface area contributed by atoms with Gasteiger partial charge in [0, 0.05) is 6.04 Å². The van der Waals surface area contributed by atoms with Crippen molar-refractivity contribution in [2.75, 3.05) is 11.5 Å². The number of fused-ring (bicyclic) bond motifs is 3. The SMILES string of the molecule is O=S1(=O)C[C@@H]2NC(=S)N([C@H]3C[C@@H]4CC[C@@H]3C4)[C@@H]2C1. The van der Waals surface area contributed by atoms with Crippen LogP contribution in [0.5, 0.6) is 0 Å². The second-order valence-corrected chi connectivity index (χ2v) is 8.89. The van der Waals surface area contributed by atoms with Crippen LogP contribution >= 0.6 is 12.2 Å². The van der Waals surface area contributed by atoms with Gasteiger partial charge in [0.1, 0.15) is 0 Å². The molecule has 6 heteroatoms. The van der Waals surface area contributed by atoms with Crippen molar-refractivity contribution in [1.82, 2.24) is 10.2 Å². The van der Waals surface area contributed by atoms with Gasteiger partial charge in [0.15, 0.2) is 14.9 Å². The molecule has 4 fully saturated rings. The number of hydrogen-bond donors (Lipinski definition) is 1. The molecule has 5 atom stereocenters. The Kier molecular flexibility index (Phi) is 2.29. The van der Waals surface area contributed by atoms with E-state index in [1.165, 1.54) is 25.7 Å². The van der Waals surface area contributed by atoms with E-state index in [1.807, 2.05) is 0 Å². The van der Waals surface area contributed by atoms with Crippen LogP contribution in [0.25, 0.3) is 0 Å². The lowest BCUT2D eigenvalue weighted by Crippen LogP contribution is -2.46. The number of thiocarbonyl (C=S) groups is 1. The molecule has 1 N–H and O–H groups in total. The first kappa shape index (κ1) is 11.5. The van der Waals surface area contributed by atoms with Crippen molar-refractivity contribution in [2.24, 2.45) is 11.8 Å². The molecule has 0 aromatic carbocycles. The quantitative estimate of drug-likeness (QED) is 0.713. The van der Waals surface area contributed by atoms with Gasteiger partial charge < -0.3 is 10.2 Å². The highest BCUT2D eigenvalue weighted by Crippen LogP contribution is 2.48. The van der Waals surface area contributed by atoms with Crippen LogP contribution in [0.1, 0.15) is 25.7 Å². The van der Waals surface area contributed by atoms with Gasteiger partial charge in [0.25, 0.3) is 0 Å². The van der Waals surface area contributed by atoms with Crippen molar-refractivity contribution in [2.45, 2.75) is 43.8 Å². The Morgan fingerprint density at radius 2 is 2.00 bits per heavy atom. The van der Waals surface area contributed by atoms with E-state index in [0.717, 1.165) is 16.9 Å². The minimum Gasteiger partial charge on any atom is -0.357 e. The molecular weight excluding hydrogens is 268 g/mol. The first-order chi connectivity index (χ1) is 8.53. The summed E-state index contributed by atoms with van der Waals surface area (Å²) in [4.78, 5) is 2.26. The minimum absolute atomic E-state index is 0.0432. The molecule has 2 heterocycles. The molecule has 0 aromatic rings. The van der Waals surface area contributed by atoms with E-state index in [-0.39, 0.29) is 17.8 Å². The maximum absolute atomic E-state index is 11.8. The lowest BCUT2D eigenvalue weighted by molar-refractivity contribution is 0.200. The zero-order valence-electron chi connectivity index (χ0n) is 10.2. The molecule has 18 heavy (non-hydrogen) atoms. The van der Waals surface area contributed by atoms with Gasteiger partial charge in [-0.15, -0.1) is 0 Å². The molecule has 2 aliphatic heterocycles. The summed E-state index contributed by atoms with van der Waals surface area (Å²) in [6.45, 7) is 0. The topological polar surface area (TPSA) is 49.4 Å². The molecule has 2 aliphatic carbocycles. The van der Waals surface area contributed by atoms with Crippen LogP contribution in [0.4, 0.5) is 0 Å². The monoisotopic (exact) mass is 286 g/mol. The molecule has 0 radical (unpaired) electrons. The van der Waals surface area contributed by atoms with Crippen molar-refractivity contribution < 1.29 is 8.42 Å². The Morgan fingerprint density at radius 3 is 2.67 bits per heavy atom. The lowest BCUT2D eigenvalue weighted by Gasteiger charge is -2.35. The molecule has 0 unspecified atom stereocenters. The number of hydrogen-bond acceptors (Lipinski definition) is 3. The smallest absolute Gasteiger partial charge is 0.169 e. The molecule has 100 valence electrons. The van der Waals surface area contributed by atoms with E-state index in [9.17, 15) is 8.42 Å². The highest BCUT2D eigenvalue weighted by molar-refractivity contribution is 7.91. The summed E-state index contributed by atoms with van der Waals surface area (Å²) in [6, 6.07) is 0.653. The van der Waals surface area contributed by atoms with Crippen molar-refractivity contribution in [3.8, 4) is 0 Å². The Morgan fingerprint density at radius 1 is 1.17 bits per heavy atom. The van der Waals surface area contributed by atoms with Crippen LogP contribution in [0.2, 0.25) is 0 Å². The summed E-state index contributed by atoms with van der Waals surface area (Å²) in [7, 11) is -2.87. The molecule has 2 saturated heterocycles. The fourth-order valence-electron chi connectivity index (χ4n) is 4.57. The van der Waals surface area contributed by atoms with E-state index in [2.05, 4.69) is 10.2 Å². The second-order valence-electron chi connectivity index (χ2n) is 6.35. The third kappa shape index (κ3) is 1.54. The van der Waals surface area contributed by atoms with Crippen molar-refractivity contribution in [3.05, 3.63) is 0 Å². The van der Waals surface area contributed by atoms with Gasteiger partial charge in [-0.25, -0.2) is 8.42 Å². The Labute approximate surface area is 113 Å². The molecule has 4 nitrogen and oxygen atoms in total. The average Bonchev–Trinajstić information content (AvgIpc) is 2.96. The molecule has 0 aromatic heterocycles. The molecule has 0 spiro atoms. The summed E-state index contributed by atoms with van der Waals surface area (Å²) < 4.78 is 23.5. The molecule has 2 saturated carbocycles. The van der Waals surface area contributed by atoms with Crippen LogP contribution in [-0.2, 0) is 9.84 Å². The van der Waals surface area contributed by atoms with Crippen LogP contribution in [0.15, 0.2) is 0 Å². The van der Waals surface area contributed by atoms with Crippen LogP contribution in [0.3, 0.4) is 0 Å². The summed E-state index contributed by atoms with van der Waals surface area (Å²) in [5, 5.41) is 4.04. The van der Waals surface area contributed by atoms with E-state index >= 15 is 0 Å². The van der Waals surface area contributed by atoms with Gasteiger partial charge in [-0.2, -0.15) is 0 Å². The highest BCUT2D eigenvalue weighted by atomic mass is 32.2. The van der Waals surface area contributed by atoms with Crippen LogP contribution < -0.4 is 5.32 Å². The van der Waals surface area contributed by atoms with Crippen molar-refractivity contribution in [1.29, 1.82) is 0 Å². The predicted molar refractivity (Wildman–Crippen MR) is 73.0 cm³/mol. The minimum atomic E-state index is -2.87. The number of nitrogens with zero attached hydrogens (tertiary/aromatic N) is 1. The molecule has 0 amide bonds. The number of rotatable bonds is 1. The zero-order valence-corrected chi connectivity index (χ0v) is 11.8. The Bertz CT molecular complexity index is 504. The molecule has 4 rings (SSSR count). The average molecular weight is 286 g/mol. The van der Waals surface area contributed by atoms with Crippen LogP contribution in [-0.4, -0.2) is 48.1 Å². The largest absolute Gasteiger partial charge is 0.357 e. The van der Waals surface area contributed by atoms with Crippen LogP contribution in [0, 0.1) is 11.8 Å². The summed E-state index contributed by atoms with van der Waals surface area (Å²) >= 11 is 5.44. The number of sulfone groups is 1. The summed E-state index contributed by atoms with van der Waals surface area (Å²) in [6.07, 6.45) is 5.21. The van der Waals surface area contributed by atoms with E-state index in [4.69, 9.17) is 12.2 Å². The van der Waals surface area contributed by atoms with Gasteiger partial charge in [0.2, 0.25) is 0 Å². The first-order valence-corrected chi connectivity index (χ1v) is 9.06. The summed E-state index contributed by atoms with van der Waals surface area (Å²) in [5.74, 6) is 2.16. The van der Waals surface area contributed by atoms with E-state index in [1.54, 1.807) is 0 Å².